The third kappa shape index (κ3) is 1.74. The fourth-order valence-corrected chi connectivity index (χ4v) is 2.33. The average Bonchev–Trinajstić information content (AvgIpc) is 2.75. The number of halogens is 4. The Morgan fingerprint density at radius 2 is 1.60 bits per heavy atom. The van der Waals surface area contributed by atoms with Crippen LogP contribution in [0.25, 0.3) is 16.7 Å². The Morgan fingerprint density at radius 1 is 0.900 bits per heavy atom. The highest BCUT2D eigenvalue weighted by Gasteiger charge is 2.18. The lowest BCUT2D eigenvalue weighted by Crippen LogP contribution is -2.02. The zero-order valence-electron chi connectivity index (χ0n) is 9.75. The lowest BCUT2D eigenvalue weighted by atomic mass is 10.2. The minimum absolute atomic E-state index is 0.0611. The molecule has 0 aliphatic heterocycles. The molecule has 20 heavy (non-hydrogen) atoms. The van der Waals surface area contributed by atoms with E-state index in [-0.39, 0.29) is 21.5 Å². The maximum atomic E-state index is 13.9. The van der Waals surface area contributed by atoms with E-state index in [9.17, 15) is 17.6 Å². The van der Waals surface area contributed by atoms with Crippen LogP contribution in [0.2, 0.25) is 0 Å². The van der Waals surface area contributed by atoms with Gasteiger partial charge < -0.3 is 4.98 Å². The van der Waals surface area contributed by atoms with Gasteiger partial charge in [0.2, 0.25) is 0 Å². The summed E-state index contributed by atoms with van der Waals surface area (Å²) in [5.41, 5.74) is -0.359. The van der Waals surface area contributed by atoms with Crippen LogP contribution < -0.4 is 0 Å². The molecule has 0 radical (unpaired) electrons. The first-order chi connectivity index (χ1) is 9.50. The number of imidazole rings is 1. The van der Waals surface area contributed by atoms with Gasteiger partial charge in [-0.15, -0.1) is 0 Å². The molecule has 2 aromatic carbocycles. The van der Waals surface area contributed by atoms with Gasteiger partial charge in [0.05, 0.1) is 11.2 Å². The summed E-state index contributed by atoms with van der Waals surface area (Å²) in [6, 6.07) is 5.61. The quantitative estimate of drug-likeness (QED) is 0.526. The highest BCUT2D eigenvalue weighted by atomic mass is 32.1. The highest BCUT2D eigenvalue weighted by Crippen LogP contribution is 2.26. The number of nitrogens with one attached hydrogen (secondary N) is 1. The second-order valence-electron chi connectivity index (χ2n) is 4.10. The van der Waals surface area contributed by atoms with Crippen molar-refractivity contribution in [1.82, 2.24) is 9.55 Å². The van der Waals surface area contributed by atoms with Gasteiger partial charge in [0.15, 0.2) is 28.0 Å². The van der Waals surface area contributed by atoms with Crippen molar-refractivity contribution in [1.29, 1.82) is 0 Å². The van der Waals surface area contributed by atoms with Crippen molar-refractivity contribution in [3.63, 3.8) is 0 Å². The smallest absolute Gasteiger partial charge is 0.184 e. The monoisotopic (exact) mass is 298 g/mol. The molecule has 0 saturated heterocycles. The van der Waals surface area contributed by atoms with Crippen molar-refractivity contribution in [3.05, 3.63) is 58.4 Å². The fourth-order valence-electron chi connectivity index (χ4n) is 2.03. The minimum atomic E-state index is -1.19. The van der Waals surface area contributed by atoms with Crippen molar-refractivity contribution in [2.45, 2.75) is 0 Å². The van der Waals surface area contributed by atoms with Crippen molar-refractivity contribution in [2.75, 3.05) is 0 Å². The second kappa shape index (κ2) is 4.45. The van der Waals surface area contributed by atoms with E-state index in [1.165, 1.54) is 18.2 Å². The van der Waals surface area contributed by atoms with Crippen LogP contribution in [0.3, 0.4) is 0 Å². The third-order valence-electron chi connectivity index (χ3n) is 2.91. The Balaban J connectivity index is 2.48. The molecule has 0 spiro atoms. The van der Waals surface area contributed by atoms with Gasteiger partial charge in [-0.1, -0.05) is 6.07 Å². The van der Waals surface area contributed by atoms with E-state index < -0.39 is 23.3 Å². The average molecular weight is 298 g/mol. The standard InChI is InChI=1S/C13H6F4N2S/c14-6-2-1-3-9(10(6)16)19-12-8(18-13(19)20)5-4-7(15)11(12)17/h1-5H,(H,18,20). The summed E-state index contributed by atoms with van der Waals surface area (Å²) in [4.78, 5) is 2.62. The van der Waals surface area contributed by atoms with Crippen molar-refractivity contribution >= 4 is 23.3 Å². The van der Waals surface area contributed by atoms with Crippen LogP contribution in [-0.4, -0.2) is 9.55 Å². The summed E-state index contributed by atoms with van der Waals surface area (Å²) >= 11 is 4.97. The highest BCUT2D eigenvalue weighted by molar-refractivity contribution is 7.71. The van der Waals surface area contributed by atoms with Gasteiger partial charge >= 0.3 is 0 Å². The van der Waals surface area contributed by atoms with Gasteiger partial charge in [0.25, 0.3) is 0 Å². The first-order valence-corrected chi connectivity index (χ1v) is 5.94. The van der Waals surface area contributed by atoms with Crippen LogP contribution >= 0.6 is 12.2 Å². The molecule has 0 saturated carbocycles. The molecule has 1 aromatic heterocycles. The van der Waals surface area contributed by atoms with E-state index in [0.29, 0.717) is 0 Å². The maximum absolute atomic E-state index is 13.9. The van der Waals surface area contributed by atoms with Gasteiger partial charge in [-0.2, -0.15) is 0 Å². The predicted octanol–water partition coefficient (Wildman–Crippen LogP) is 4.24. The van der Waals surface area contributed by atoms with Crippen LogP contribution in [-0.2, 0) is 0 Å². The van der Waals surface area contributed by atoms with E-state index in [1.807, 2.05) is 0 Å². The number of fused-ring (bicyclic) bond motifs is 1. The number of nitrogens with zero attached hydrogens (tertiary/aromatic N) is 1. The van der Waals surface area contributed by atoms with Crippen molar-refractivity contribution in [2.24, 2.45) is 0 Å². The molecule has 0 aliphatic rings. The Morgan fingerprint density at radius 3 is 2.35 bits per heavy atom. The third-order valence-corrected chi connectivity index (χ3v) is 3.19. The summed E-state index contributed by atoms with van der Waals surface area (Å²) in [6.07, 6.45) is 0. The number of benzene rings is 2. The number of H-pyrrole nitrogens is 1. The number of rotatable bonds is 1. The van der Waals surface area contributed by atoms with Crippen molar-refractivity contribution in [3.8, 4) is 5.69 Å². The van der Waals surface area contributed by atoms with Gasteiger partial charge in [-0.05, 0) is 36.5 Å². The summed E-state index contributed by atoms with van der Waals surface area (Å²) in [5.74, 6) is -4.57. The molecule has 0 unspecified atom stereocenters. The number of aromatic amines is 1. The molecule has 1 N–H and O–H groups in total. The predicted molar refractivity (Wildman–Crippen MR) is 68.3 cm³/mol. The summed E-state index contributed by atoms with van der Waals surface area (Å²) in [5, 5.41) is 0. The number of aromatic nitrogens is 2. The molecule has 2 nitrogen and oxygen atoms in total. The summed E-state index contributed by atoms with van der Waals surface area (Å²) < 4.78 is 55.2. The summed E-state index contributed by atoms with van der Waals surface area (Å²) in [6.45, 7) is 0. The maximum Gasteiger partial charge on any atom is 0.184 e. The van der Waals surface area contributed by atoms with Crippen LogP contribution in [0.1, 0.15) is 0 Å². The normalized spacial score (nSPS) is 11.2. The topological polar surface area (TPSA) is 20.7 Å². The van der Waals surface area contributed by atoms with Crippen LogP contribution in [0, 0.1) is 28.0 Å². The number of hydrogen-bond acceptors (Lipinski definition) is 1. The van der Waals surface area contributed by atoms with Gasteiger partial charge in [-0.3, -0.25) is 4.57 Å². The van der Waals surface area contributed by atoms with Crippen LogP contribution in [0.4, 0.5) is 17.6 Å². The van der Waals surface area contributed by atoms with E-state index in [4.69, 9.17) is 12.2 Å². The van der Waals surface area contributed by atoms with Gasteiger partial charge in [-0.25, -0.2) is 17.6 Å². The SMILES string of the molecule is Fc1cccc(-n2c(=S)[nH]c3ccc(F)c(F)c32)c1F. The first kappa shape index (κ1) is 12.9. The second-order valence-corrected chi connectivity index (χ2v) is 4.48. The lowest BCUT2D eigenvalue weighted by molar-refractivity contribution is 0.501. The van der Waals surface area contributed by atoms with Crippen LogP contribution in [0.5, 0.6) is 0 Å². The molecule has 1 heterocycles. The molecular formula is C13H6F4N2S. The van der Waals surface area contributed by atoms with E-state index >= 15 is 0 Å². The number of hydrogen-bond donors (Lipinski definition) is 1. The summed E-state index contributed by atoms with van der Waals surface area (Å²) in [7, 11) is 0. The molecule has 0 bridgehead atoms. The molecule has 0 aliphatic carbocycles. The fraction of sp³-hybridized carbons (Fsp3) is 0. The molecule has 0 fully saturated rings. The zero-order chi connectivity index (χ0) is 14.4. The largest absolute Gasteiger partial charge is 0.330 e. The minimum Gasteiger partial charge on any atom is -0.330 e. The molecule has 0 atom stereocenters. The van der Waals surface area contributed by atoms with Crippen molar-refractivity contribution < 1.29 is 17.6 Å². The Bertz CT molecular complexity index is 882. The van der Waals surface area contributed by atoms with Gasteiger partial charge in [0.1, 0.15) is 5.52 Å². The molecule has 3 aromatic rings. The first-order valence-electron chi connectivity index (χ1n) is 5.54. The van der Waals surface area contributed by atoms with E-state index in [0.717, 1.165) is 16.7 Å². The molecule has 102 valence electrons. The molecular weight excluding hydrogens is 292 g/mol. The van der Waals surface area contributed by atoms with E-state index in [1.54, 1.807) is 0 Å². The Labute approximate surface area is 115 Å². The lowest BCUT2D eigenvalue weighted by Gasteiger charge is -2.07. The van der Waals surface area contributed by atoms with Gasteiger partial charge in [0, 0.05) is 0 Å². The Kier molecular flexibility index (Phi) is 2.86. The molecule has 0 amide bonds. The molecule has 7 heteroatoms. The Hall–Kier alpha value is -2.15. The van der Waals surface area contributed by atoms with E-state index in [2.05, 4.69) is 4.98 Å². The molecule has 3 rings (SSSR count). The zero-order valence-corrected chi connectivity index (χ0v) is 10.6. The van der Waals surface area contributed by atoms with Crippen LogP contribution in [0.15, 0.2) is 30.3 Å².